The molecule has 0 saturated carbocycles. The van der Waals surface area contributed by atoms with Gasteiger partial charge in [0.2, 0.25) is 0 Å². The monoisotopic (exact) mass is 242 g/mol. The van der Waals surface area contributed by atoms with Crippen LogP contribution in [0.25, 0.3) is 0 Å². The molecule has 0 fully saturated rings. The third-order valence-corrected chi connectivity index (χ3v) is 3.20. The van der Waals surface area contributed by atoms with E-state index >= 15 is 0 Å². The van der Waals surface area contributed by atoms with E-state index in [1.54, 1.807) is 21.3 Å². The Hall–Kier alpha value is -0.683. The van der Waals surface area contributed by atoms with Gasteiger partial charge in [-0.15, -0.1) is 0 Å². The third-order valence-electron chi connectivity index (χ3n) is 2.04. The Morgan fingerprint density at radius 2 is 1.31 bits per heavy atom. The molecular weight excluding hydrogens is 220 g/mol. The Balaban J connectivity index is 0.000000293. The van der Waals surface area contributed by atoms with Gasteiger partial charge >= 0.3 is 9.53 Å². The maximum absolute atomic E-state index is 4.74. The van der Waals surface area contributed by atoms with Crippen LogP contribution in [0.1, 0.15) is 25.3 Å². The summed E-state index contributed by atoms with van der Waals surface area (Å²) < 4.78 is 14.2. The van der Waals surface area contributed by atoms with Crippen LogP contribution in [-0.2, 0) is 13.3 Å². The van der Waals surface area contributed by atoms with Crippen molar-refractivity contribution >= 4 is 9.53 Å². The van der Waals surface area contributed by atoms with Gasteiger partial charge in [-0.05, 0) is 11.5 Å². The second kappa shape index (κ2) is 9.54. The average molecular weight is 242 g/mol. The maximum Gasteiger partial charge on any atom is 0.483 e. The van der Waals surface area contributed by atoms with Crippen molar-refractivity contribution in [3.8, 4) is 0 Å². The van der Waals surface area contributed by atoms with Crippen LogP contribution in [0, 0.1) is 0 Å². The molecule has 0 amide bonds. The molecule has 0 N–H and O–H groups in total. The lowest BCUT2D eigenvalue weighted by Crippen LogP contribution is -2.21. The van der Waals surface area contributed by atoms with Crippen LogP contribution >= 0.6 is 0 Å². The minimum atomic E-state index is -1.67. The van der Waals surface area contributed by atoms with E-state index in [1.807, 2.05) is 6.07 Å². The summed E-state index contributed by atoms with van der Waals surface area (Å²) in [6.45, 7) is 4.41. The standard InChI is InChI=1S/C9H12.C3H10O3Si/c1-8(2)9-6-4-3-5-7-9;1-4-7(5-2)6-3/h3-8H,1-2H3;7H,1-3H3. The minimum absolute atomic E-state index is 0.659. The largest absolute Gasteiger partial charge is 0.483 e. The molecule has 0 atom stereocenters. The molecule has 0 unspecified atom stereocenters. The number of rotatable bonds is 4. The normalized spacial score (nSPS) is 10.2. The summed E-state index contributed by atoms with van der Waals surface area (Å²) in [5.74, 6) is 0.659. The molecule has 0 heterocycles. The van der Waals surface area contributed by atoms with Gasteiger partial charge in [0, 0.05) is 21.3 Å². The van der Waals surface area contributed by atoms with Crippen LogP contribution in [0.2, 0.25) is 0 Å². The van der Waals surface area contributed by atoms with Crippen molar-refractivity contribution in [1.82, 2.24) is 0 Å². The fourth-order valence-electron chi connectivity index (χ4n) is 1.13. The summed E-state index contributed by atoms with van der Waals surface area (Å²) in [4.78, 5) is 0. The fourth-order valence-corrected chi connectivity index (χ4v) is 1.70. The topological polar surface area (TPSA) is 27.7 Å². The molecular formula is C12H22O3Si. The van der Waals surface area contributed by atoms with Gasteiger partial charge in [-0.3, -0.25) is 0 Å². The predicted octanol–water partition coefficient (Wildman–Crippen LogP) is 2.45. The van der Waals surface area contributed by atoms with Crippen molar-refractivity contribution in [2.24, 2.45) is 0 Å². The zero-order valence-corrected chi connectivity index (χ0v) is 11.9. The molecule has 0 aliphatic heterocycles. The van der Waals surface area contributed by atoms with Crippen LogP contribution in [0.4, 0.5) is 0 Å². The molecule has 4 heteroatoms. The molecule has 1 aromatic carbocycles. The number of benzene rings is 1. The van der Waals surface area contributed by atoms with Crippen LogP contribution in [0.3, 0.4) is 0 Å². The first-order valence-corrected chi connectivity index (χ1v) is 6.70. The van der Waals surface area contributed by atoms with Gasteiger partial charge < -0.3 is 13.3 Å². The van der Waals surface area contributed by atoms with Crippen molar-refractivity contribution in [3.05, 3.63) is 35.9 Å². The summed E-state index contributed by atoms with van der Waals surface area (Å²) in [5.41, 5.74) is 1.41. The van der Waals surface area contributed by atoms with Crippen LogP contribution in [0.5, 0.6) is 0 Å². The van der Waals surface area contributed by atoms with E-state index in [0.717, 1.165) is 0 Å². The zero-order chi connectivity index (χ0) is 12.4. The molecule has 0 spiro atoms. The van der Waals surface area contributed by atoms with Gasteiger partial charge in [0.15, 0.2) is 0 Å². The first-order chi connectivity index (χ1) is 7.65. The van der Waals surface area contributed by atoms with E-state index < -0.39 is 9.53 Å². The molecule has 0 aliphatic carbocycles. The molecule has 1 aromatic rings. The minimum Gasteiger partial charge on any atom is -0.379 e. The second-order valence-electron chi connectivity index (χ2n) is 3.56. The van der Waals surface area contributed by atoms with Crippen LogP contribution in [-0.4, -0.2) is 30.9 Å². The highest BCUT2D eigenvalue weighted by Crippen LogP contribution is 2.11. The summed E-state index contributed by atoms with van der Waals surface area (Å²) in [5, 5.41) is 0. The highest BCUT2D eigenvalue weighted by Gasteiger charge is 2.04. The molecule has 0 saturated heterocycles. The van der Waals surface area contributed by atoms with Gasteiger partial charge in [-0.2, -0.15) is 0 Å². The molecule has 3 nitrogen and oxygen atoms in total. The molecule has 92 valence electrons. The van der Waals surface area contributed by atoms with E-state index in [9.17, 15) is 0 Å². The first kappa shape index (κ1) is 15.3. The zero-order valence-electron chi connectivity index (χ0n) is 10.8. The third kappa shape index (κ3) is 6.74. The van der Waals surface area contributed by atoms with Gasteiger partial charge in [0.05, 0.1) is 0 Å². The van der Waals surface area contributed by atoms with E-state index in [-0.39, 0.29) is 0 Å². The predicted molar refractivity (Wildman–Crippen MR) is 68.7 cm³/mol. The highest BCUT2D eigenvalue weighted by molar-refractivity contribution is 6.36. The van der Waals surface area contributed by atoms with E-state index in [0.29, 0.717) is 5.92 Å². The van der Waals surface area contributed by atoms with Gasteiger partial charge in [0.1, 0.15) is 0 Å². The molecule has 0 aliphatic rings. The first-order valence-electron chi connectivity index (χ1n) is 5.29. The van der Waals surface area contributed by atoms with Gasteiger partial charge in [-0.1, -0.05) is 44.2 Å². The smallest absolute Gasteiger partial charge is 0.379 e. The lowest BCUT2D eigenvalue weighted by Gasteiger charge is -2.05. The highest BCUT2D eigenvalue weighted by atomic mass is 28.3. The second-order valence-corrected chi connectivity index (χ2v) is 5.55. The average Bonchev–Trinajstić information content (AvgIpc) is 2.33. The fraction of sp³-hybridized carbons (Fsp3) is 0.500. The summed E-state index contributed by atoms with van der Waals surface area (Å²) >= 11 is 0. The van der Waals surface area contributed by atoms with E-state index in [2.05, 4.69) is 38.1 Å². The van der Waals surface area contributed by atoms with E-state index in [4.69, 9.17) is 13.3 Å². The Kier molecular flexibility index (Phi) is 9.13. The van der Waals surface area contributed by atoms with Gasteiger partial charge in [0.25, 0.3) is 0 Å². The molecule has 0 bridgehead atoms. The SMILES string of the molecule is CC(C)c1ccccc1.CO[SiH](OC)OC. The Labute approximate surface area is 100 Å². The molecule has 1 rings (SSSR count). The van der Waals surface area contributed by atoms with Crippen LogP contribution in [0.15, 0.2) is 30.3 Å². The molecule has 16 heavy (non-hydrogen) atoms. The van der Waals surface area contributed by atoms with Crippen molar-refractivity contribution < 1.29 is 13.3 Å². The molecule has 0 radical (unpaired) electrons. The quantitative estimate of drug-likeness (QED) is 0.759. The summed E-state index contributed by atoms with van der Waals surface area (Å²) in [6, 6.07) is 10.5. The maximum atomic E-state index is 4.74. The molecule has 0 aromatic heterocycles. The lowest BCUT2D eigenvalue weighted by atomic mass is 10.0. The van der Waals surface area contributed by atoms with Crippen molar-refractivity contribution in [2.75, 3.05) is 21.3 Å². The van der Waals surface area contributed by atoms with Crippen molar-refractivity contribution in [1.29, 1.82) is 0 Å². The summed E-state index contributed by atoms with van der Waals surface area (Å²) in [6.07, 6.45) is 0. The van der Waals surface area contributed by atoms with Gasteiger partial charge in [-0.25, -0.2) is 0 Å². The Morgan fingerprint density at radius 3 is 1.50 bits per heavy atom. The Bertz CT molecular complexity index is 242. The summed E-state index contributed by atoms with van der Waals surface area (Å²) in [7, 11) is 3.05. The van der Waals surface area contributed by atoms with E-state index in [1.165, 1.54) is 5.56 Å². The lowest BCUT2D eigenvalue weighted by molar-refractivity contribution is 0.163. The van der Waals surface area contributed by atoms with Crippen molar-refractivity contribution in [2.45, 2.75) is 19.8 Å². The van der Waals surface area contributed by atoms with Crippen LogP contribution < -0.4 is 0 Å². The number of hydrogen-bond acceptors (Lipinski definition) is 3. The number of hydrogen-bond donors (Lipinski definition) is 0. The van der Waals surface area contributed by atoms with Crippen molar-refractivity contribution in [3.63, 3.8) is 0 Å². The Morgan fingerprint density at radius 1 is 0.875 bits per heavy atom.